The van der Waals surface area contributed by atoms with Crippen LogP contribution in [0.4, 0.5) is 5.95 Å². The Kier molecular flexibility index (Phi) is 9.33. The summed E-state index contributed by atoms with van der Waals surface area (Å²) in [6.07, 6.45) is 1.13. The number of nitrogens with one attached hydrogen (secondary N) is 1. The Balaban J connectivity index is 1.72. The first-order valence-corrected chi connectivity index (χ1v) is 14.3. The fourth-order valence-electron chi connectivity index (χ4n) is 4.05. The fraction of sp³-hybridized carbons (Fsp3) is 0.542. The molecule has 0 aliphatic carbocycles. The maximum Gasteiger partial charge on any atom is 0.240 e. The maximum atomic E-state index is 13.7. The lowest BCUT2D eigenvalue weighted by molar-refractivity contribution is -0.104. The number of halogens is 1. The van der Waals surface area contributed by atoms with Crippen LogP contribution in [-0.2, 0) is 24.2 Å². The normalized spacial score (nSPS) is 18.5. The minimum absolute atomic E-state index is 0.0107. The number of hydrogen-bond acceptors (Lipinski definition) is 11. The van der Waals surface area contributed by atoms with Crippen LogP contribution >= 0.6 is 11.6 Å². The van der Waals surface area contributed by atoms with Crippen LogP contribution in [-0.4, -0.2) is 82.5 Å². The number of hydrogen-bond donors (Lipinski definition) is 1. The molecule has 4 atom stereocenters. The van der Waals surface area contributed by atoms with Crippen LogP contribution in [0, 0.1) is 0 Å². The molecule has 1 fully saturated rings. The highest BCUT2D eigenvalue weighted by molar-refractivity contribution is 7.93. The molecule has 3 aromatic rings. The summed E-state index contributed by atoms with van der Waals surface area (Å²) in [6, 6.07) is 4.78. The van der Waals surface area contributed by atoms with Gasteiger partial charge in [0.25, 0.3) is 0 Å². The van der Waals surface area contributed by atoms with Crippen LogP contribution < -0.4 is 9.46 Å². The number of nitrogens with zero attached hydrogens (tertiary/aromatic N) is 6. The SMILES string of the molecule is COc1cccc(-c2nnc(NS(=O)(=O)C(C)C(OC(C)C)c3ncc(Cl)cn3)n2[C@H](C)[C@H]2COCCO2)n1. The summed E-state index contributed by atoms with van der Waals surface area (Å²) in [5.41, 5.74) is 0.444. The maximum absolute atomic E-state index is 13.7. The number of aromatic nitrogens is 6. The minimum atomic E-state index is -4.11. The van der Waals surface area contributed by atoms with Crippen LogP contribution in [0.25, 0.3) is 11.5 Å². The summed E-state index contributed by atoms with van der Waals surface area (Å²) in [5, 5.41) is 7.68. The molecule has 4 heterocycles. The van der Waals surface area contributed by atoms with Crippen molar-refractivity contribution in [3.05, 3.63) is 41.4 Å². The Morgan fingerprint density at radius 2 is 1.87 bits per heavy atom. The van der Waals surface area contributed by atoms with Crippen molar-refractivity contribution in [1.82, 2.24) is 29.7 Å². The van der Waals surface area contributed by atoms with E-state index in [-0.39, 0.29) is 24.0 Å². The van der Waals surface area contributed by atoms with Gasteiger partial charge in [0.15, 0.2) is 11.6 Å². The van der Waals surface area contributed by atoms with Crippen LogP contribution in [0.2, 0.25) is 5.02 Å². The van der Waals surface area contributed by atoms with Gasteiger partial charge in [0.05, 0.1) is 44.1 Å². The molecule has 1 aliphatic rings. The molecule has 212 valence electrons. The van der Waals surface area contributed by atoms with Crippen molar-refractivity contribution in [2.75, 3.05) is 31.7 Å². The molecule has 0 aromatic carbocycles. The Morgan fingerprint density at radius 1 is 1.13 bits per heavy atom. The quantitative estimate of drug-likeness (QED) is 0.355. The Hall–Kier alpha value is -2.91. The predicted molar refractivity (Wildman–Crippen MR) is 143 cm³/mol. The van der Waals surface area contributed by atoms with Crippen molar-refractivity contribution in [1.29, 1.82) is 0 Å². The fourth-order valence-corrected chi connectivity index (χ4v) is 5.24. The van der Waals surface area contributed by atoms with Crippen molar-refractivity contribution in [3.63, 3.8) is 0 Å². The van der Waals surface area contributed by atoms with E-state index in [1.165, 1.54) is 26.4 Å². The van der Waals surface area contributed by atoms with Crippen LogP contribution in [0.3, 0.4) is 0 Å². The highest BCUT2D eigenvalue weighted by Gasteiger charge is 2.37. The highest BCUT2D eigenvalue weighted by atomic mass is 35.5. The number of pyridine rings is 1. The van der Waals surface area contributed by atoms with Gasteiger partial charge in [-0.05, 0) is 33.8 Å². The van der Waals surface area contributed by atoms with E-state index in [1.54, 1.807) is 36.6 Å². The van der Waals surface area contributed by atoms with E-state index in [0.29, 0.717) is 42.2 Å². The van der Waals surface area contributed by atoms with E-state index in [4.69, 9.17) is 30.5 Å². The van der Waals surface area contributed by atoms with E-state index in [1.807, 2.05) is 6.92 Å². The van der Waals surface area contributed by atoms with Gasteiger partial charge in [-0.2, -0.15) is 0 Å². The molecule has 13 nitrogen and oxygen atoms in total. The summed E-state index contributed by atoms with van der Waals surface area (Å²) in [7, 11) is -2.61. The summed E-state index contributed by atoms with van der Waals surface area (Å²) in [5.74, 6) is 0.884. The molecule has 0 amide bonds. The van der Waals surface area contributed by atoms with Crippen molar-refractivity contribution >= 4 is 27.6 Å². The first kappa shape index (κ1) is 29.1. The molecule has 0 bridgehead atoms. The monoisotopic (exact) mass is 581 g/mol. The summed E-state index contributed by atoms with van der Waals surface area (Å²) in [4.78, 5) is 12.9. The van der Waals surface area contributed by atoms with Crippen LogP contribution in [0.15, 0.2) is 30.6 Å². The number of ether oxygens (including phenoxy) is 4. The number of anilines is 1. The van der Waals surface area contributed by atoms with Gasteiger partial charge in [0, 0.05) is 18.5 Å². The molecule has 1 aliphatic heterocycles. The highest BCUT2D eigenvalue weighted by Crippen LogP contribution is 2.31. The number of methoxy groups -OCH3 is 1. The van der Waals surface area contributed by atoms with Gasteiger partial charge in [-0.1, -0.05) is 17.7 Å². The van der Waals surface area contributed by atoms with E-state index in [9.17, 15) is 8.42 Å². The molecule has 0 radical (unpaired) electrons. The third kappa shape index (κ3) is 6.81. The molecular formula is C24H32ClN7O6S. The van der Waals surface area contributed by atoms with Crippen molar-refractivity contribution < 1.29 is 27.4 Å². The summed E-state index contributed by atoms with van der Waals surface area (Å²) < 4.78 is 54.4. The Bertz CT molecular complexity index is 1350. The lowest BCUT2D eigenvalue weighted by Crippen LogP contribution is -2.37. The van der Waals surface area contributed by atoms with Crippen molar-refractivity contribution in [3.8, 4) is 17.4 Å². The Labute approximate surface area is 232 Å². The Morgan fingerprint density at radius 3 is 2.51 bits per heavy atom. The smallest absolute Gasteiger partial charge is 0.240 e. The lowest BCUT2D eigenvalue weighted by atomic mass is 10.1. The summed E-state index contributed by atoms with van der Waals surface area (Å²) >= 11 is 5.94. The number of rotatable bonds is 11. The lowest BCUT2D eigenvalue weighted by Gasteiger charge is -2.30. The minimum Gasteiger partial charge on any atom is -0.481 e. The standard InChI is InChI=1S/C24H32ClN7O6S/c1-14(2)38-21(22-26-11-17(25)12-27-22)16(4)39(33,34)31-24-30-29-23(18-7-6-8-20(28-18)35-5)32(24)15(3)19-13-36-9-10-37-19/h6-8,11-12,14-16,19,21H,9-10,13H2,1-5H3,(H,30,31)/t15-,16?,19-,21?/m1/s1. The second-order valence-electron chi connectivity index (χ2n) is 9.22. The third-order valence-electron chi connectivity index (χ3n) is 6.11. The average Bonchev–Trinajstić information content (AvgIpc) is 3.34. The van der Waals surface area contributed by atoms with Gasteiger partial charge in [0.1, 0.15) is 23.2 Å². The van der Waals surface area contributed by atoms with Gasteiger partial charge in [-0.15, -0.1) is 10.2 Å². The van der Waals surface area contributed by atoms with Crippen LogP contribution in [0.5, 0.6) is 5.88 Å². The van der Waals surface area contributed by atoms with Gasteiger partial charge in [0.2, 0.25) is 21.9 Å². The van der Waals surface area contributed by atoms with E-state index in [0.717, 1.165) is 0 Å². The first-order valence-electron chi connectivity index (χ1n) is 12.4. The molecule has 0 spiro atoms. The van der Waals surface area contributed by atoms with E-state index >= 15 is 0 Å². The zero-order chi connectivity index (χ0) is 28.2. The van der Waals surface area contributed by atoms with E-state index < -0.39 is 27.4 Å². The molecule has 1 saturated heterocycles. The van der Waals surface area contributed by atoms with Gasteiger partial charge in [-0.25, -0.2) is 23.4 Å². The average molecular weight is 582 g/mol. The largest absolute Gasteiger partial charge is 0.481 e. The number of sulfonamides is 1. The van der Waals surface area contributed by atoms with Crippen molar-refractivity contribution in [2.45, 2.75) is 57.3 Å². The van der Waals surface area contributed by atoms with Gasteiger partial charge >= 0.3 is 0 Å². The second-order valence-corrected chi connectivity index (χ2v) is 11.7. The van der Waals surface area contributed by atoms with Crippen LogP contribution in [0.1, 0.15) is 45.7 Å². The van der Waals surface area contributed by atoms with Gasteiger partial charge in [-0.3, -0.25) is 9.29 Å². The predicted octanol–water partition coefficient (Wildman–Crippen LogP) is 3.07. The molecule has 4 rings (SSSR count). The zero-order valence-electron chi connectivity index (χ0n) is 22.3. The van der Waals surface area contributed by atoms with Crippen molar-refractivity contribution in [2.24, 2.45) is 0 Å². The molecule has 3 aromatic heterocycles. The zero-order valence-corrected chi connectivity index (χ0v) is 23.9. The molecule has 39 heavy (non-hydrogen) atoms. The molecular weight excluding hydrogens is 550 g/mol. The molecule has 1 N–H and O–H groups in total. The topological polar surface area (TPSA) is 152 Å². The third-order valence-corrected chi connectivity index (χ3v) is 8.00. The van der Waals surface area contributed by atoms with E-state index in [2.05, 4.69) is 29.9 Å². The molecule has 2 unspecified atom stereocenters. The summed E-state index contributed by atoms with van der Waals surface area (Å²) in [6.45, 7) is 8.21. The molecule has 15 heteroatoms. The van der Waals surface area contributed by atoms with Gasteiger partial charge < -0.3 is 18.9 Å². The second kappa shape index (κ2) is 12.5. The molecule has 0 saturated carbocycles. The first-order chi connectivity index (χ1) is 18.6.